The SMILES string of the molecule is CC(C)c1ccccc1NCC(=O)Nc1cc(C(F)(F)F)ccc1-n1cncn1. The van der Waals surface area contributed by atoms with Gasteiger partial charge in [-0.05, 0) is 35.7 Å². The normalized spacial score (nSPS) is 11.5. The highest BCUT2D eigenvalue weighted by Gasteiger charge is 2.31. The molecular weight excluding hydrogens is 383 g/mol. The number of aromatic nitrogens is 3. The van der Waals surface area contributed by atoms with Gasteiger partial charge in [-0.15, -0.1) is 0 Å². The Morgan fingerprint density at radius 2 is 1.90 bits per heavy atom. The van der Waals surface area contributed by atoms with E-state index in [4.69, 9.17) is 0 Å². The van der Waals surface area contributed by atoms with Crippen LogP contribution in [0.25, 0.3) is 5.69 Å². The molecule has 1 amide bonds. The Bertz CT molecular complexity index is 984. The highest BCUT2D eigenvalue weighted by atomic mass is 19.4. The Kier molecular flexibility index (Phi) is 5.86. The molecule has 29 heavy (non-hydrogen) atoms. The van der Waals surface area contributed by atoms with Crippen molar-refractivity contribution in [1.82, 2.24) is 14.8 Å². The summed E-state index contributed by atoms with van der Waals surface area (Å²) >= 11 is 0. The molecule has 2 N–H and O–H groups in total. The predicted molar refractivity (Wildman–Crippen MR) is 104 cm³/mol. The minimum atomic E-state index is -4.53. The maximum absolute atomic E-state index is 13.1. The van der Waals surface area contributed by atoms with Gasteiger partial charge in [0.05, 0.1) is 23.5 Å². The second kappa shape index (κ2) is 8.34. The maximum Gasteiger partial charge on any atom is 0.416 e. The van der Waals surface area contributed by atoms with Gasteiger partial charge in [0.1, 0.15) is 12.7 Å². The van der Waals surface area contributed by atoms with Gasteiger partial charge in [-0.3, -0.25) is 4.79 Å². The van der Waals surface area contributed by atoms with E-state index in [9.17, 15) is 18.0 Å². The molecule has 0 unspecified atom stereocenters. The maximum atomic E-state index is 13.1. The molecule has 6 nitrogen and oxygen atoms in total. The fraction of sp³-hybridized carbons (Fsp3) is 0.250. The third kappa shape index (κ3) is 4.92. The van der Waals surface area contributed by atoms with Crippen LogP contribution in [0.2, 0.25) is 0 Å². The van der Waals surface area contributed by atoms with Crippen LogP contribution in [0.1, 0.15) is 30.9 Å². The fourth-order valence-corrected chi connectivity index (χ4v) is 2.88. The van der Waals surface area contributed by atoms with Gasteiger partial charge in [-0.2, -0.15) is 18.3 Å². The summed E-state index contributed by atoms with van der Waals surface area (Å²) < 4.78 is 40.6. The number of hydrogen-bond acceptors (Lipinski definition) is 4. The summed E-state index contributed by atoms with van der Waals surface area (Å²) in [6.45, 7) is 3.97. The average molecular weight is 403 g/mol. The molecular formula is C20H20F3N5O. The van der Waals surface area contributed by atoms with Crippen molar-refractivity contribution in [2.24, 2.45) is 0 Å². The second-order valence-electron chi connectivity index (χ2n) is 6.71. The minimum Gasteiger partial charge on any atom is -0.376 e. The van der Waals surface area contributed by atoms with Crippen LogP contribution >= 0.6 is 0 Å². The minimum absolute atomic E-state index is 0.00531. The summed E-state index contributed by atoms with van der Waals surface area (Å²) in [5, 5.41) is 9.51. The van der Waals surface area contributed by atoms with Crippen LogP contribution in [0.5, 0.6) is 0 Å². The number of halogens is 3. The van der Waals surface area contributed by atoms with E-state index in [1.165, 1.54) is 23.4 Å². The lowest BCUT2D eigenvalue weighted by Gasteiger charge is -2.16. The molecule has 3 rings (SSSR count). The molecule has 0 saturated carbocycles. The molecule has 0 aliphatic carbocycles. The van der Waals surface area contributed by atoms with E-state index in [2.05, 4.69) is 20.7 Å². The van der Waals surface area contributed by atoms with Crippen molar-refractivity contribution in [2.75, 3.05) is 17.2 Å². The molecule has 0 bridgehead atoms. The molecule has 0 atom stereocenters. The van der Waals surface area contributed by atoms with Crippen molar-refractivity contribution in [1.29, 1.82) is 0 Å². The van der Waals surface area contributed by atoms with Crippen LogP contribution in [-0.2, 0) is 11.0 Å². The van der Waals surface area contributed by atoms with Crippen LogP contribution in [0, 0.1) is 0 Å². The number of para-hydroxylation sites is 1. The first-order chi connectivity index (χ1) is 13.8. The van der Waals surface area contributed by atoms with Crippen LogP contribution < -0.4 is 10.6 Å². The zero-order chi connectivity index (χ0) is 21.0. The number of carbonyl (C=O) groups is 1. The summed E-state index contributed by atoms with van der Waals surface area (Å²) in [6, 6.07) is 10.6. The molecule has 1 aromatic heterocycles. The van der Waals surface area contributed by atoms with Gasteiger partial charge in [0, 0.05) is 5.69 Å². The Balaban J connectivity index is 1.80. The van der Waals surface area contributed by atoms with E-state index in [-0.39, 0.29) is 23.8 Å². The molecule has 0 saturated heterocycles. The first-order valence-corrected chi connectivity index (χ1v) is 8.94. The van der Waals surface area contributed by atoms with E-state index in [1.54, 1.807) is 0 Å². The molecule has 0 radical (unpaired) electrons. The van der Waals surface area contributed by atoms with Crippen molar-refractivity contribution >= 4 is 17.3 Å². The quantitative estimate of drug-likeness (QED) is 0.638. The number of hydrogen-bond donors (Lipinski definition) is 2. The number of nitrogens with zero attached hydrogens (tertiary/aromatic N) is 3. The Morgan fingerprint density at radius 3 is 2.55 bits per heavy atom. The zero-order valence-corrected chi connectivity index (χ0v) is 15.9. The summed E-state index contributed by atoms with van der Waals surface area (Å²) in [5.74, 6) is -0.228. The van der Waals surface area contributed by atoms with Gasteiger partial charge in [-0.1, -0.05) is 32.0 Å². The van der Waals surface area contributed by atoms with Gasteiger partial charge in [-0.25, -0.2) is 9.67 Å². The topological polar surface area (TPSA) is 71.8 Å². The summed E-state index contributed by atoms with van der Waals surface area (Å²) in [5.41, 5.74) is 1.26. The third-order valence-corrected chi connectivity index (χ3v) is 4.29. The van der Waals surface area contributed by atoms with E-state index >= 15 is 0 Å². The highest BCUT2D eigenvalue weighted by Crippen LogP contribution is 2.33. The Labute approximate surface area is 165 Å². The molecule has 0 spiro atoms. The molecule has 0 aliphatic heterocycles. The van der Waals surface area contributed by atoms with Crippen molar-refractivity contribution in [2.45, 2.75) is 25.9 Å². The predicted octanol–water partition coefficient (Wildman–Crippen LogP) is 4.46. The van der Waals surface area contributed by atoms with Gasteiger partial charge in [0.2, 0.25) is 5.91 Å². The smallest absolute Gasteiger partial charge is 0.376 e. The van der Waals surface area contributed by atoms with E-state index in [0.717, 1.165) is 23.4 Å². The molecule has 1 heterocycles. The summed E-state index contributed by atoms with van der Waals surface area (Å²) in [4.78, 5) is 16.2. The largest absolute Gasteiger partial charge is 0.416 e. The van der Waals surface area contributed by atoms with Crippen LogP contribution in [0.3, 0.4) is 0 Å². The van der Waals surface area contributed by atoms with Crippen LogP contribution in [0.4, 0.5) is 24.5 Å². The number of rotatable bonds is 6. The zero-order valence-electron chi connectivity index (χ0n) is 15.9. The summed E-state index contributed by atoms with van der Waals surface area (Å²) in [6.07, 6.45) is -1.93. The van der Waals surface area contributed by atoms with E-state index < -0.39 is 17.6 Å². The van der Waals surface area contributed by atoms with Crippen LogP contribution in [-0.4, -0.2) is 27.2 Å². The molecule has 3 aromatic rings. The van der Waals surface area contributed by atoms with Crippen molar-refractivity contribution < 1.29 is 18.0 Å². The van der Waals surface area contributed by atoms with Crippen molar-refractivity contribution in [3.8, 4) is 5.69 Å². The van der Waals surface area contributed by atoms with E-state index in [1.807, 2.05) is 38.1 Å². The Hall–Kier alpha value is -3.36. The molecule has 9 heteroatoms. The number of anilines is 2. The highest BCUT2D eigenvalue weighted by molar-refractivity contribution is 5.95. The van der Waals surface area contributed by atoms with Crippen molar-refractivity contribution in [3.63, 3.8) is 0 Å². The van der Waals surface area contributed by atoms with Gasteiger partial charge >= 0.3 is 6.18 Å². The lowest BCUT2D eigenvalue weighted by Crippen LogP contribution is -2.23. The van der Waals surface area contributed by atoms with E-state index in [0.29, 0.717) is 0 Å². The lowest BCUT2D eigenvalue weighted by molar-refractivity contribution is -0.137. The van der Waals surface area contributed by atoms with Gasteiger partial charge in [0.15, 0.2) is 0 Å². The van der Waals surface area contributed by atoms with Gasteiger partial charge < -0.3 is 10.6 Å². The molecule has 0 fully saturated rings. The van der Waals surface area contributed by atoms with Crippen LogP contribution in [0.15, 0.2) is 55.1 Å². The monoisotopic (exact) mass is 403 g/mol. The Morgan fingerprint density at radius 1 is 1.14 bits per heavy atom. The number of carbonyl (C=O) groups excluding carboxylic acids is 1. The first-order valence-electron chi connectivity index (χ1n) is 8.94. The summed E-state index contributed by atoms with van der Waals surface area (Å²) in [7, 11) is 0. The van der Waals surface area contributed by atoms with Gasteiger partial charge in [0.25, 0.3) is 0 Å². The number of alkyl halides is 3. The lowest BCUT2D eigenvalue weighted by atomic mass is 10.0. The molecule has 0 aliphatic rings. The average Bonchev–Trinajstić information content (AvgIpc) is 3.20. The second-order valence-corrected chi connectivity index (χ2v) is 6.71. The molecule has 152 valence electrons. The first kappa shape index (κ1) is 20.4. The molecule has 2 aromatic carbocycles. The standard InChI is InChI=1S/C20H20F3N5O/c1-13(2)15-5-3-4-6-16(15)25-10-19(29)27-17-9-14(20(21,22)23)7-8-18(17)28-12-24-11-26-28/h3-9,11-13,25H,10H2,1-2H3,(H,27,29). The number of nitrogens with one attached hydrogen (secondary N) is 2. The number of amides is 1. The fourth-order valence-electron chi connectivity index (χ4n) is 2.88. The number of benzene rings is 2. The third-order valence-electron chi connectivity index (χ3n) is 4.29. The van der Waals surface area contributed by atoms with Crippen molar-refractivity contribution in [3.05, 3.63) is 66.2 Å².